The van der Waals surface area contributed by atoms with Gasteiger partial charge in [0.15, 0.2) is 8.32 Å². The minimum atomic E-state index is -1.82. The molecule has 1 aliphatic carbocycles. The van der Waals surface area contributed by atoms with Crippen LogP contribution in [0.25, 0.3) is 0 Å². The van der Waals surface area contributed by atoms with Crippen LogP contribution in [-0.2, 0) is 9.16 Å². The summed E-state index contributed by atoms with van der Waals surface area (Å²) in [5, 5.41) is 3.26. The quantitative estimate of drug-likeness (QED) is 0.594. The van der Waals surface area contributed by atoms with Gasteiger partial charge < -0.3 is 14.5 Å². The number of hydrogen-bond acceptors (Lipinski definition) is 3. The lowest BCUT2D eigenvalue weighted by molar-refractivity contribution is 0.0472. The summed E-state index contributed by atoms with van der Waals surface area (Å²) >= 11 is 0. The fourth-order valence-corrected chi connectivity index (χ4v) is 4.04. The fraction of sp³-hybridized carbons (Fsp3) is 0.950. The monoisotopic (exact) mass is 371 g/mol. The Labute approximate surface area is 156 Å². The molecule has 0 heterocycles. The van der Waals surface area contributed by atoms with Gasteiger partial charge in [-0.25, -0.2) is 4.79 Å². The van der Waals surface area contributed by atoms with Gasteiger partial charge in [0.05, 0.1) is 12.6 Å². The van der Waals surface area contributed by atoms with Gasteiger partial charge in [0, 0.05) is 0 Å². The number of carbonyl (C=O) groups is 1. The topological polar surface area (TPSA) is 47.6 Å². The largest absolute Gasteiger partial charge is 0.444 e. The lowest BCUT2D eigenvalue weighted by Crippen LogP contribution is -2.47. The molecule has 1 N–H and O–H groups in total. The maximum Gasteiger partial charge on any atom is 0.407 e. The molecule has 1 amide bonds. The maximum absolute atomic E-state index is 12.3. The second-order valence-electron chi connectivity index (χ2n) is 10.2. The molecule has 148 valence electrons. The molecule has 0 aromatic heterocycles. The zero-order valence-electron chi connectivity index (χ0n) is 17.8. The molecule has 5 heteroatoms. The van der Waals surface area contributed by atoms with E-state index >= 15 is 0 Å². The van der Waals surface area contributed by atoms with E-state index in [9.17, 15) is 4.79 Å². The number of rotatable bonds is 6. The van der Waals surface area contributed by atoms with E-state index in [1.54, 1.807) is 0 Å². The first-order valence-corrected chi connectivity index (χ1v) is 12.8. The Morgan fingerprint density at radius 2 is 1.64 bits per heavy atom. The highest BCUT2D eigenvalue weighted by Crippen LogP contribution is 2.37. The maximum atomic E-state index is 12.3. The summed E-state index contributed by atoms with van der Waals surface area (Å²) in [7, 11) is -1.82. The van der Waals surface area contributed by atoms with Gasteiger partial charge in [-0.15, -0.1) is 0 Å². The van der Waals surface area contributed by atoms with Crippen molar-refractivity contribution in [2.45, 2.75) is 110 Å². The Kier molecular flexibility index (Phi) is 8.00. The summed E-state index contributed by atoms with van der Waals surface area (Å²) in [6.07, 6.45) is 7.18. The van der Waals surface area contributed by atoms with Crippen LogP contribution in [0.3, 0.4) is 0 Å². The van der Waals surface area contributed by atoms with Crippen molar-refractivity contribution in [2.75, 3.05) is 6.61 Å². The summed E-state index contributed by atoms with van der Waals surface area (Å²) in [5.41, 5.74) is -0.472. The zero-order chi connectivity index (χ0) is 19.3. The first kappa shape index (κ1) is 22.5. The molecular weight excluding hydrogens is 330 g/mol. The predicted molar refractivity (Wildman–Crippen MR) is 107 cm³/mol. The van der Waals surface area contributed by atoms with Gasteiger partial charge in [-0.3, -0.25) is 0 Å². The molecule has 4 nitrogen and oxygen atoms in total. The fourth-order valence-electron chi connectivity index (χ4n) is 2.99. The average Bonchev–Trinajstić information content (AvgIpc) is 2.42. The number of amides is 1. The number of nitrogens with one attached hydrogen (secondary N) is 1. The molecule has 0 aromatic rings. The highest BCUT2D eigenvalue weighted by Gasteiger charge is 2.38. The van der Waals surface area contributed by atoms with E-state index in [4.69, 9.17) is 9.16 Å². The molecule has 1 aliphatic rings. The first-order chi connectivity index (χ1) is 11.3. The summed E-state index contributed by atoms with van der Waals surface area (Å²) in [4.78, 5) is 12.3. The number of ether oxygens (including phenoxy) is 1. The molecule has 0 aliphatic heterocycles. The molecule has 0 unspecified atom stereocenters. The van der Waals surface area contributed by atoms with Crippen LogP contribution in [0.15, 0.2) is 0 Å². The van der Waals surface area contributed by atoms with E-state index in [1.165, 1.54) is 32.1 Å². The lowest BCUT2D eigenvalue weighted by atomic mass is 9.85. The van der Waals surface area contributed by atoms with Crippen molar-refractivity contribution in [3.05, 3.63) is 0 Å². The molecule has 1 saturated carbocycles. The third-order valence-corrected chi connectivity index (χ3v) is 10.0. The van der Waals surface area contributed by atoms with Crippen LogP contribution in [0.2, 0.25) is 18.1 Å². The van der Waals surface area contributed by atoms with Crippen molar-refractivity contribution >= 4 is 14.4 Å². The standard InChI is InChI=1S/C20H41NO3Si/c1-19(2,3)24-18(22)21-17(14-16-12-10-9-11-13-16)15-23-25(7,8)20(4,5)6/h16-17H,9-15H2,1-8H3,(H,21,22)/t17-/m0/s1. The Morgan fingerprint density at radius 3 is 2.12 bits per heavy atom. The van der Waals surface area contributed by atoms with Crippen LogP contribution in [0.5, 0.6) is 0 Å². The molecule has 0 spiro atoms. The third-order valence-electron chi connectivity index (χ3n) is 5.52. The normalized spacial score (nSPS) is 18.7. The van der Waals surface area contributed by atoms with Crippen molar-refractivity contribution in [1.82, 2.24) is 5.32 Å². The Morgan fingerprint density at radius 1 is 1.08 bits per heavy atom. The lowest BCUT2D eigenvalue weighted by Gasteiger charge is -2.38. The zero-order valence-corrected chi connectivity index (χ0v) is 18.8. The molecule has 0 bridgehead atoms. The minimum absolute atomic E-state index is 0.0343. The molecule has 0 saturated heterocycles. The second kappa shape index (κ2) is 8.89. The van der Waals surface area contributed by atoms with E-state index in [0.717, 1.165) is 6.42 Å². The summed E-state index contributed by atoms with van der Waals surface area (Å²) in [6.45, 7) is 17.5. The van der Waals surface area contributed by atoms with E-state index in [2.05, 4.69) is 39.2 Å². The Balaban J connectivity index is 2.68. The van der Waals surface area contributed by atoms with Crippen LogP contribution >= 0.6 is 0 Å². The predicted octanol–water partition coefficient (Wildman–Crippen LogP) is 5.87. The van der Waals surface area contributed by atoms with Crippen LogP contribution < -0.4 is 5.32 Å². The van der Waals surface area contributed by atoms with Gasteiger partial charge in [-0.05, 0) is 51.2 Å². The van der Waals surface area contributed by atoms with E-state index in [-0.39, 0.29) is 17.2 Å². The average molecular weight is 372 g/mol. The van der Waals surface area contributed by atoms with Gasteiger partial charge >= 0.3 is 6.09 Å². The van der Waals surface area contributed by atoms with Gasteiger partial charge in [-0.2, -0.15) is 0 Å². The smallest absolute Gasteiger partial charge is 0.407 e. The van der Waals surface area contributed by atoms with Crippen molar-refractivity contribution < 1.29 is 14.0 Å². The highest BCUT2D eigenvalue weighted by molar-refractivity contribution is 6.74. The second-order valence-corrected chi connectivity index (χ2v) is 15.0. The van der Waals surface area contributed by atoms with E-state index in [1.807, 2.05) is 20.8 Å². The molecule has 0 radical (unpaired) electrons. The van der Waals surface area contributed by atoms with Gasteiger partial charge in [0.25, 0.3) is 0 Å². The number of alkyl carbamates (subject to hydrolysis) is 1. The van der Waals surface area contributed by atoms with Crippen LogP contribution in [-0.4, -0.2) is 32.7 Å². The van der Waals surface area contributed by atoms with Gasteiger partial charge in [-0.1, -0.05) is 52.9 Å². The van der Waals surface area contributed by atoms with Crippen LogP contribution in [0.4, 0.5) is 4.79 Å². The molecule has 1 atom stereocenters. The van der Waals surface area contributed by atoms with E-state index in [0.29, 0.717) is 12.5 Å². The summed E-state index contributed by atoms with van der Waals surface area (Å²) in [5.74, 6) is 0.691. The van der Waals surface area contributed by atoms with Crippen molar-refractivity contribution in [1.29, 1.82) is 0 Å². The first-order valence-electron chi connectivity index (χ1n) is 9.94. The van der Waals surface area contributed by atoms with Gasteiger partial charge in [0.2, 0.25) is 0 Å². The van der Waals surface area contributed by atoms with Crippen molar-refractivity contribution in [3.63, 3.8) is 0 Å². The summed E-state index contributed by atoms with van der Waals surface area (Å²) in [6, 6.07) is 0.0343. The van der Waals surface area contributed by atoms with Crippen LogP contribution in [0, 0.1) is 5.92 Å². The summed E-state index contributed by atoms with van der Waals surface area (Å²) < 4.78 is 11.9. The molecule has 1 rings (SSSR count). The molecular formula is C20H41NO3Si. The van der Waals surface area contributed by atoms with Crippen molar-refractivity contribution in [2.24, 2.45) is 5.92 Å². The van der Waals surface area contributed by atoms with Gasteiger partial charge in [0.1, 0.15) is 5.60 Å². The SMILES string of the molecule is CC(C)(C)OC(=O)N[C@H](CO[Si](C)(C)C(C)(C)C)CC1CCCCC1. The number of hydrogen-bond donors (Lipinski definition) is 1. The molecule has 0 aromatic carbocycles. The highest BCUT2D eigenvalue weighted by atomic mass is 28.4. The molecule has 1 fully saturated rings. The van der Waals surface area contributed by atoms with E-state index < -0.39 is 13.9 Å². The number of carbonyl (C=O) groups excluding carboxylic acids is 1. The minimum Gasteiger partial charge on any atom is -0.444 e. The molecule has 25 heavy (non-hydrogen) atoms. The third kappa shape index (κ3) is 8.58. The van der Waals surface area contributed by atoms with Crippen molar-refractivity contribution in [3.8, 4) is 0 Å². The Bertz CT molecular complexity index is 418. The van der Waals surface area contributed by atoms with Crippen LogP contribution in [0.1, 0.15) is 80.1 Å². The Hall–Kier alpha value is -0.553.